The minimum Gasteiger partial charge on any atom is -0.452 e. The number of carbonyl (C=O) groups excluding carboxylic acids is 2. The molecule has 0 radical (unpaired) electrons. The topological polar surface area (TPSA) is 68.3 Å². The predicted octanol–water partition coefficient (Wildman–Crippen LogP) is 3.26. The molecule has 1 aromatic heterocycles. The molecule has 1 N–H and O–H groups in total. The molecule has 22 heavy (non-hydrogen) atoms. The number of amides is 1. The third kappa shape index (κ3) is 4.82. The van der Waals surface area contributed by atoms with Crippen molar-refractivity contribution >= 4 is 28.3 Å². The summed E-state index contributed by atoms with van der Waals surface area (Å²) in [4.78, 5) is 27.3. The maximum absolute atomic E-state index is 11.7. The molecule has 0 bridgehead atoms. The van der Waals surface area contributed by atoms with Crippen LogP contribution in [0.2, 0.25) is 0 Å². The molecule has 0 spiro atoms. The van der Waals surface area contributed by atoms with Gasteiger partial charge in [-0.3, -0.25) is 10.1 Å². The monoisotopic (exact) mass is 316 g/mol. The van der Waals surface area contributed by atoms with E-state index in [4.69, 9.17) is 4.74 Å². The maximum Gasteiger partial charge on any atom is 0.331 e. The van der Waals surface area contributed by atoms with Gasteiger partial charge >= 0.3 is 5.97 Å². The van der Waals surface area contributed by atoms with Crippen molar-refractivity contribution in [3.05, 3.63) is 47.4 Å². The molecule has 6 heteroatoms. The molecule has 0 aliphatic rings. The first-order chi connectivity index (χ1) is 10.5. The van der Waals surface area contributed by atoms with E-state index in [1.54, 1.807) is 13.8 Å². The highest BCUT2D eigenvalue weighted by Crippen LogP contribution is 2.24. The second-order valence-electron chi connectivity index (χ2n) is 4.78. The van der Waals surface area contributed by atoms with Gasteiger partial charge in [0.1, 0.15) is 0 Å². The van der Waals surface area contributed by atoms with Crippen LogP contribution in [0.25, 0.3) is 11.3 Å². The molecular formula is C16H16N2O3S. The van der Waals surface area contributed by atoms with E-state index in [1.165, 1.54) is 17.4 Å². The van der Waals surface area contributed by atoms with E-state index >= 15 is 0 Å². The van der Waals surface area contributed by atoms with Gasteiger partial charge in [-0.05, 0) is 13.8 Å². The standard InChI is InChI=1S/C16H16N2O3S/c1-11(2)8-15(20)21-9-14(19)18-16-17-13(10-22-16)12-6-4-3-5-7-12/h3-8,10H,9H2,1-2H3,(H,17,18,19). The van der Waals surface area contributed by atoms with E-state index in [1.807, 2.05) is 35.7 Å². The second-order valence-corrected chi connectivity index (χ2v) is 5.64. The molecule has 0 aliphatic heterocycles. The van der Waals surface area contributed by atoms with Crippen molar-refractivity contribution in [2.45, 2.75) is 13.8 Å². The van der Waals surface area contributed by atoms with E-state index < -0.39 is 11.9 Å². The van der Waals surface area contributed by atoms with Gasteiger partial charge in [0.05, 0.1) is 5.69 Å². The van der Waals surface area contributed by atoms with Gasteiger partial charge in [0.2, 0.25) is 0 Å². The first-order valence-corrected chi connectivity index (χ1v) is 7.55. The van der Waals surface area contributed by atoms with Crippen molar-refractivity contribution in [3.63, 3.8) is 0 Å². The molecule has 5 nitrogen and oxygen atoms in total. The summed E-state index contributed by atoms with van der Waals surface area (Å²) in [6, 6.07) is 9.67. The molecule has 0 unspecified atom stereocenters. The molecule has 2 aromatic rings. The molecule has 0 aliphatic carbocycles. The molecular weight excluding hydrogens is 300 g/mol. The lowest BCUT2D eigenvalue weighted by Crippen LogP contribution is -2.20. The summed E-state index contributed by atoms with van der Waals surface area (Å²) in [5.74, 6) is -0.941. The van der Waals surface area contributed by atoms with Crippen LogP contribution >= 0.6 is 11.3 Å². The number of ether oxygens (including phenoxy) is 1. The second kappa shape index (κ2) is 7.51. The van der Waals surface area contributed by atoms with Crippen LogP contribution in [0, 0.1) is 0 Å². The number of rotatable bonds is 5. The third-order valence-electron chi connectivity index (χ3n) is 2.57. The van der Waals surface area contributed by atoms with Gasteiger partial charge in [-0.2, -0.15) is 0 Å². The van der Waals surface area contributed by atoms with Crippen molar-refractivity contribution < 1.29 is 14.3 Å². The highest BCUT2D eigenvalue weighted by molar-refractivity contribution is 7.14. The van der Waals surface area contributed by atoms with Gasteiger partial charge in [0, 0.05) is 17.0 Å². The van der Waals surface area contributed by atoms with Crippen molar-refractivity contribution in [2.75, 3.05) is 11.9 Å². The van der Waals surface area contributed by atoms with Crippen molar-refractivity contribution in [3.8, 4) is 11.3 Å². The van der Waals surface area contributed by atoms with Crippen LogP contribution in [0.4, 0.5) is 5.13 Å². The van der Waals surface area contributed by atoms with Gasteiger partial charge in [0.15, 0.2) is 11.7 Å². The van der Waals surface area contributed by atoms with Crippen LogP contribution in [-0.4, -0.2) is 23.5 Å². The molecule has 0 fully saturated rings. The zero-order valence-corrected chi connectivity index (χ0v) is 13.1. The van der Waals surface area contributed by atoms with Crippen molar-refractivity contribution in [1.82, 2.24) is 4.98 Å². The Kier molecular flexibility index (Phi) is 5.43. The summed E-state index contributed by atoms with van der Waals surface area (Å²) >= 11 is 1.32. The molecule has 0 saturated heterocycles. The summed E-state index contributed by atoms with van der Waals surface area (Å²) in [6.45, 7) is 3.23. The Morgan fingerprint density at radius 3 is 2.68 bits per heavy atom. The van der Waals surface area contributed by atoms with Crippen LogP contribution in [-0.2, 0) is 14.3 Å². The van der Waals surface area contributed by atoms with Crippen LogP contribution in [0.5, 0.6) is 0 Å². The Balaban J connectivity index is 1.89. The summed E-state index contributed by atoms with van der Waals surface area (Å²) in [5.41, 5.74) is 2.59. The number of esters is 1. The molecule has 1 amide bonds. The Labute approximate surface area is 132 Å². The quantitative estimate of drug-likeness (QED) is 0.679. The number of benzene rings is 1. The highest BCUT2D eigenvalue weighted by atomic mass is 32.1. The van der Waals surface area contributed by atoms with E-state index in [-0.39, 0.29) is 6.61 Å². The maximum atomic E-state index is 11.7. The lowest BCUT2D eigenvalue weighted by Gasteiger charge is -2.02. The van der Waals surface area contributed by atoms with Crippen molar-refractivity contribution in [2.24, 2.45) is 0 Å². The van der Waals surface area contributed by atoms with Crippen molar-refractivity contribution in [1.29, 1.82) is 0 Å². The van der Waals surface area contributed by atoms with Gasteiger partial charge in [-0.25, -0.2) is 9.78 Å². The van der Waals surface area contributed by atoms with Gasteiger partial charge in [-0.1, -0.05) is 35.9 Å². The van der Waals surface area contributed by atoms with Crippen LogP contribution < -0.4 is 5.32 Å². The van der Waals surface area contributed by atoms with Gasteiger partial charge < -0.3 is 4.74 Å². The summed E-state index contributed by atoms with van der Waals surface area (Å²) in [6.07, 6.45) is 1.34. The number of allylic oxidation sites excluding steroid dienone is 1. The number of hydrogen-bond donors (Lipinski definition) is 1. The van der Waals surface area contributed by atoms with Crippen LogP contribution in [0.15, 0.2) is 47.4 Å². The SMILES string of the molecule is CC(C)=CC(=O)OCC(=O)Nc1nc(-c2ccccc2)cs1. The Morgan fingerprint density at radius 1 is 1.27 bits per heavy atom. The number of nitrogens with one attached hydrogen (secondary N) is 1. The minimum absolute atomic E-state index is 0.330. The van der Waals surface area contributed by atoms with Gasteiger partial charge in [0.25, 0.3) is 5.91 Å². The number of thiazole rings is 1. The number of nitrogens with zero attached hydrogens (tertiary/aromatic N) is 1. The molecule has 1 aromatic carbocycles. The zero-order chi connectivity index (χ0) is 15.9. The first-order valence-electron chi connectivity index (χ1n) is 6.67. The lowest BCUT2D eigenvalue weighted by molar-refractivity contribution is -0.142. The fourth-order valence-corrected chi connectivity index (χ4v) is 2.38. The van der Waals surface area contributed by atoms with E-state index in [9.17, 15) is 9.59 Å². The Morgan fingerprint density at radius 2 is 2.00 bits per heavy atom. The largest absolute Gasteiger partial charge is 0.452 e. The number of carbonyl (C=O) groups is 2. The number of aromatic nitrogens is 1. The highest BCUT2D eigenvalue weighted by Gasteiger charge is 2.09. The van der Waals surface area contributed by atoms with E-state index in [0.29, 0.717) is 5.13 Å². The lowest BCUT2D eigenvalue weighted by atomic mass is 10.2. The first kappa shape index (κ1) is 15.9. The zero-order valence-electron chi connectivity index (χ0n) is 12.3. The average Bonchev–Trinajstić information content (AvgIpc) is 2.94. The van der Waals surface area contributed by atoms with Crippen LogP contribution in [0.1, 0.15) is 13.8 Å². The normalized spacial score (nSPS) is 9.91. The fraction of sp³-hybridized carbons (Fsp3) is 0.188. The molecule has 0 saturated carbocycles. The van der Waals surface area contributed by atoms with E-state index in [0.717, 1.165) is 16.8 Å². The van der Waals surface area contributed by atoms with Crippen LogP contribution in [0.3, 0.4) is 0 Å². The Bertz CT molecular complexity index is 688. The Hall–Kier alpha value is -2.47. The fourth-order valence-electron chi connectivity index (χ4n) is 1.64. The van der Waals surface area contributed by atoms with Gasteiger partial charge in [-0.15, -0.1) is 11.3 Å². The average molecular weight is 316 g/mol. The molecule has 0 atom stereocenters. The predicted molar refractivity (Wildman–Crippen MR) is 86.6 cm³/mol. The summed E-state index contributed by atoms with van der Waals surface area (Å²) < 4.78 is 4.83. The third-order valence-corrected chi connectivity index (χ3v) is 3.33. The number of hydrogen-bond acceptors (Lipinski definition) is 5. The minimum atomic E-state index is -0.528. The molecule has 114 valence electrons. The summed E-state index contributed by atoms with van der Waals surface area (Å²) in [5, 5.41) is 4.95. The number of anilines is 1. The van der Waals surface area contributed by atoms with E-state index in [2.05, 4.69) is 10.3 Å². The molecule has 2 rings (SSSR count). The smallest absolute Gasteiger partial charge is 0.331 e. The summed E-state index contributed by atoms with van der Waals surface area (Å²) in [7, 11) is 0. The molecule has 1 heterocycles.